The highest BCUT2D eigenvalue weighted by molar-refractivity contribution is 7.47. The van der Waals surface area contributed by atoms with E-state index in [2.05, 4.69) is 13.8 Å². The first-order valence-corrected chi connectivity index (χ1v) is 22.8. The van der Waals surface area contributed by atoms with Gasteiger partial charge in [0.2, 0.25) is 0 Å². The van der Waals surface area contributed by atoms with Crippen molar-refractivity contribution < 1.29 is 37.3 Å². The minimum atomic E-state index is -4.26. The van der Waals surface area contributed by atoms with Crippen molar-refractivity contribution in [2.75, 3.05) is 54.1 Å². The largest absolute Gasteiger partial charge is 0.472 e. The zero-order chi connectivity index (χ0) is 37.0. The van der Waals surface area contributed by atoms with E-state index in [1.807, 2.05) is 21.1 Å². The Hall–Kier alpha value is -0.500. The van der Waals surface area contributed by atoms with Crippen molar-refractivity contribution in [3.8, 4) is 0 Å². The van der Waals surface area contributed by atoms with Gasteiger partial charge in [0.15, 0.2) is 0 Å². The lowest BCUT2D eigenvalue weighted by Crippen LogP contribution is -2.37. The molecule has 0 aromatic carbocycles. The lowest BCUT2D eigenvalue weighted by molar-refractivity contribution is -0.870. The molecule has 0 aliphatic rings. The lowest BCUT2D eigenvalue weighted by atomic mass is 10.0. The number of carbonyl (C=O) groups is 1. The fourth-order valence-corrected chi connectivity index (χ4v) is 6.82. The predicted octanol–water partition coefficient (Wildman–Crippen LogP) is 12.1. The van der Waals surface area contributed by atoms with Gasteiger partial charge in [-0.1, -0.05) is 181 Å². The first-order valence-electron chi connectivity index (χ1n) is 21.3. The number of rotatable bonds is 40. The van der Waals surface area contributed by atoms with Crippen LogP contribution in [0, 0.1) is 0 Å². The van der Waals surface area contributed by atoms with Gasteiger partial charge in [-0.2, -0.15) is 0 Å². The summed E-state index contributed by atoms with van der Waals surface area (Å²) in [5, 5.41) is 0. The summed E-state index contributed by atoms with van der Waals surface area (Å²) in [4.78, 5) is 22.8. The van der Waals surface area contributed by atoms with E-state index >= 15 is 0 Å². The van der Waals surface area contributed by atoms with Gasteiger partial charge in [-0.3, -0.25) is 13.8 Å². The van der Waals surface area contributed by atoms with Gasteiger partial charge < -0.3 is 18.9 Å². The van der Waals surface area contributed by atoms with Gasteiger partial charge in [-0.25, -0.2) is 4.57 Å². The van der Waals surface area contributed by atoms with Crippen LogP contribution >= 0.6 is 7.82 Å². The monoisotopic (exact) mass is 735 g/mol. The average molecular weight is 735 g/mol. The number of ether oxygens (including phenoxy) is 2. The van der Waals surface area contributed by atoms with E-state index in [4.69, 9.17) is 18.5 Å². The Balaban J connectivity index is 4.18. The van der Waals surface area contributed by atoms with Crippen LogP contribution in [0.3, 0.4) is 0 Å². The SMILES string of the molecule is CCCCCCCCCCCCCCCCCCCC(=O)OC(COCCCCCCCCCCCCC)COP(=O)(O)OCC[N+](C)(C)C. The van der Waals surface area contributed by atoms with Crippen LogP contribution in [-0.2, 0) is 27.9 Å². The smallest absolute Gasteiger partial charge is 0.457 e. The van der Waals surface area contributed by atoms with E-state index in [1.54, 1.807) is 0 Å². The van der Waals surface area contributed by atoms with Gasteiger partial charge >= 0.3 is 13.8 Å². The summed E-state index contributed by atoms with van der Waals surface area (Å²) in [5.74, 6) is -0.309. The highest BCUT2D eigenvalue weighted by Crippen LogP contribution is 2.43. The van der Waals surface area contributed by atoms with Gasteiger partial charge in [0.1, 0.15) is 19.3 Å². The average Bonchev–Trinajstić information content (AvgIpc) is 3.06. The highest BCUT2D eigenvalue weighted by Gasteiger charge is 2.26. The van der Waals surface area contributed by atoms with Crippen molar-refractivity contribution in [3.63, 3.8) is 0 Å². The normalized spacial score (nSPS) is 13.8. The van der Waals surface area contributed by atoms with E-state index < -0.39 is 13.9 Å². The summed E-state index contributed by atoms with van der Waals surface area (Å²) in [6, 6.07) is 0. The number of hydrogen-bond acceptors (Lipinski definition) is 6. The molecular weight excluding hydrogens is 649 g/mol. The minimum Gasteiger partial charge on any atom is -0.457 e. The quantitative estimate of drug-likeness (QED) is 0.0290. The maximum atomic E-state index is 12.7. The van der Waals surface area contributed by atoms with Gasteiger partial charge in [-0.15, -0.1) is 0 Å². The summed E-state index contributed by atoms with van der Waals surface area (Å²) in [6.45, 7) is 5.66. The van der Waals surface area contributed by atoms with Gasteiger partial charge in [0.05, 0.1) is 34.4 Å². The second-order valence-electron chi connectivity index (χ2n) is 15.7. The number of nitrogens with zero attached hydrogens (tertiary/aromatic N) is 1. The third kappa shape index (κ3) is 38.7. The van der Waals surface area contributed by atoms with Crippen molar-refractivity contribution in [3.05, 3.63) is 0 Å². The molecule has 2 atom stereocenters. The van der Waals surface area contributed by atoms with Gasteiger partial charge in [-0.05, 0) is 12.8 Å². The zero-order valence-corrected chi connectivity index (χ0v) is 34.8. The number of hydrogen-bond donors (Lipinski definition) is 1. The molecule has 300 valence electrons. The Bertz CT molecular complexity index is 777. The number of phosphoric acid groups is 1. The fourth-order valence-electron chi connectivity index (χ4n) is 6.08. The molecule has 0 saturated carbocycles. The molecule has 0 aliphatic heterocycles. The Morgan fingerprint density at radius 3 is 1.32 bits per heavy atom. The first-order chi connectivity index (χ1) is 24.1. The fraction of sp³-hybridized carbons (Fsp3) is 0.976. The third-order valence-electron chi connectivity index (χ3n) is 9.42. The molecule has 0 amide bonds. The maximum Gasteiger partial charge on any atom is 0.472 e. The molecule has 0 aromatic heterocycles. The molecule has 0 aromatic rings. The summed E-state index contributed by atoms with van der Waals surface area (Å²) in [5.41, 5.74) is 0. The van der Waals surface area contributed by atoms with Crippen LogP contribution in [0.15, 0.2) is 0 Å². The number of quaternary nitrogens is 1. The Kier molecular flexibility index (Phi) is 35.2. The number of phosphoric ester groups is 1. The van der Waals surface area contributed by atoms with Crippen molar-refractivity contribution in [2.24, 2.45) is 0 Å². The maximum absolute atomic E-state index is 12.7. The molecule has 0 saturated heterocycles. The predicted molar refractivity (Wildman–Crippen MR) is 211 cm³/mol. The molecule has 9 heteroatoms. The summed E-state index contributed by atoms with van der Waals surface area (Å²) in [6.07, 6.45) is 35.5. The van der Waals surface area contributed by atoms with E-state index in [0.29, 0.717) is 24.1 Å². The number of likely N-dealkylation sites (N-methyl/N-ethyl adjacent to an activating group) is 1. The first kappa shape index (κ1) is 49.5. The molecule has 50 heavy (non-hydrogen) atoms. The summed E-state index contributed by atoms with van der Waals surface area (Å²) >= 11 is 0. The Morgan fingerprint density at radius 1 is 0.540 bits per heavy atom. The van der Waals surface area contributed by atoms with Crippen LogP contribution in [-0.4, -0.2) is 75.6 Å². The molecule has 0 heterocycles. The second-order valence-corrected chi connectivity index (χ2v) is 17.2. The van der Waals surface area contributed by atoms with E-state index in [-0.39, 0.29) is 25.8 Å². The summed E-state index contributed by atoms with van der Waals surface area (Å²) < 4.78 is 34.9. The van der Waals surface area contributed by atoms with Crippen molar-refractivity contribution >= 4 is 13.8 Å². The topological polar surface area (TPSA) is 91.3 Å². The number of carbonyl (C=O) groups excluding carboxylic acids is 1. The summed E-state index contributed by atoms with van der Waals surface area (Å²) in [7, 11) is 1.68. The van der Waals surface area contributed by atoms with Crippen LogP contribution < -0.4 is 0 Å². The molecule has 0 bridgehead atoms. The van der Waals surface area contributed by atoms with E-state index in [9.17, 15) is 14.3 Å². The van der Waals surface area contributed by atoms with Crippen LogP contribution in [0.1, 0.15) is 200 Å². The van der Waals surface area contributed by atoms with Gasteiger partial charge in [0.25, 0.3) is 0 Å². The molecular formula is C41H85NO7P+. The highest BCUT2D eigenvalue weighted by atomic mass is 31.2. The molecule has 0 aliphatic carbocycles. The van der Waals surface area contributed by atoms with Crippen LogP contribution in [0.5, 0.6) is 0 Å². The van der Waals surface area contributed by atoms with Crippen LogP contribution in [0.2, 0.25) is 0 Å². The third-order valence-corrected chi connectivity index (χ3v) is 10.4. The molecule has 0 radical (unpaired) electrons. The molecule has 8 nitrogen and oxygen atoms in total. The van der Waals surface area contributed by atoms with Crippen molar-refractivity contribution in [1.82, 2.24) is 0 Å². The van der Waals surface area contributed by atoms with Crippen molar-refractivity contribution in [2.45, 2.75) is 206 Å². The lowest BCUT2D eigenvalue weighted by Gasteiger charge is -2.24. The van der Waals surface area contributed by atoms with Crippen molar-refractivity contribution in [1.29, 1.82) is 0 Å². The second kappa shape index (κ2) is 35.5. The van der Waals surface area contributed by atoms with Gasteiger partial charge in [0, 0.05) is 13.0 Å². The molecule has 0 fully saturated rings. The Morgan fingerprint density at radius 2 is 0.920 bits per heavy atom. The van der Waals surface area contributed by atoms with E-state index in [0.717, 1.165) is 32.1 Å². The Labute approximate surface area is 310 Å². The van der Waals surface area contributed by atoms with Crippen LogP contribution in [0.25, 0.3) is 0 Å². The molecule has 1 N–H and O–H groups in total. The van der Waals surface area contributed by atoms with Crippen LogP contribution in [0.4, 0.5) is 0 Å². The zero-order valence-electron chi connectivity index (χ0n) is 33.9. The standard InChI is InChI=1S/C41H84NO7P/c1-6-8-10-12-14-16-18-19-20-21-22-23-24-26-28-30-32-34-41(43)49-40(39-48-50(44,45)47-37-35-42(3,4)5)38-46-36-33-31-29-27-25-17-15-13-11-9-7-2/h40H,6-39H2,1-5H3/p+1. The number of unbranched alkanes of at least 4 members (excludes halogenated alkanes) is 26. The minimum absolute atomic E-state index is 0.0936. The van der Waals surface area contributed by atoms with E-state index in [1.165, 1.54) is 148 Å². The molecule has 2 unspecified atom stereocenters. The number of esters is 1. The molecule has 0 rings (SSSR count). The molecule has 0 spiro atoms.